The SMILES string of the molecule is O=C(NC1CCCCCC1)C1CCCN(S(=O)(=O)Cc2ccccc2)C1. The van der Waals surface area contributed by atoms with Crippen LogP contribution in [0.4, 0.5) is 0 Å². The van der Waals surface area contributed by atoms with Crippen molar-refractivity contribution in [3.05, 3.63) is 35.9 Å². The van der Waals surface area contributed by atoms with Crippen molar-refractivity contribution in [2.75, 3.05) is 13.1 Å². The number of benzene rings is 1. The number of carbonyl (C=O) groups is 1. The third kappa shape index (κ3) is 5.30. The second kappa shape index (κ2) is 9.00. The minimum absolute atomic E-state index is 0.00477. The maximum atomic E-state index is 12.8. The Balaban J connectivity index is 1.58. The summed E-state index contributed by atoms with van der Waals surface area (Å²) in [6, 6.07) is 9.51. The van der Waals surface area contributed by atoms with Crippen molar-refractivity contribution >= 4 is 15.9 Å². The van der Waals surface area contributed by atoms with E-state index < -0.39 is 10.0 Å². The van der Waals surface area contributed by atoms with Crippen molar-refractivity contribution in [2.45, 2.75) is 63.2 Å². The first-order valence-electron chi connectivity index (χ1n) is 9.87. The second-order valence-corrected chi connectivity index (χ2v) is 9.60. The van der Waals surface area contributed by atoms with Crippen LogP contribution in [0.3, 0.4) is 0 Å². The Morgan fingerprint density at radius 3 is 2.38 bits per heavy atom. The number of rotatable bonds is 5. The van der Waals surface area contributed by atoms with Crippen molar-refractivity contribution in [3.63, 3.8) is 0 Å². The van der Waals surface area contributed by atoms with Crippen LogP contribution in [0.15, 0.2) is 30.3 Å². The Hall–Kier alpha value is -1.40. The van der Waals surface area contributed by atoms with Crippen molar-refractivity contribution in [2.24, 2.45) is 5.92 Å². The summed E-state index contributed by atoms with van der Waals surface area (Å²) < 4.78 is 27.0. The summed E-state index contributed by atoms with van der Waals surface area (Å²) in [5.41, 5.74) is 0.789. The van der Waals surface area contributed by atoms with E-state index in [1.165, 1.54) is 30.0 Å². The molecule has 26 heavy (non-hydrogen) atoms. The molecule has 0 spiro atoms. The van der Waals surface area contributed by atoms with Gasteiger partial charge in [0, 0.05) is 19.1 Å². The van der Waals surface area contributed by atoms with Gasteiger partial charge >= 0.3 is 0 Å². The number of hydrogen-bond acceptors (Lipinski definition) is 3. The molecule has 1 saturated carbocycles. The molecule has 144 valence electrons. The van der Waals surface area contributed by atoms with Gasteiger partial charge < -0.3 is 5.32 Å². The summed E-state index contributed by atoms with van der Waals surface area (Å²) in [6.07, 6.45) is 8.47. The molecule has 1 amide bonds. The van der Waals surface area contributed by atoms with Gasteiger partial charge in [0.25, 0.3) is 0 Å². The monoisotopic (exact) mass is 378 g/mol. The molecule has 0 bridgehead atoms. The molecule has 1 aliphatic carbocycles. The van der Waals surface area contributed by atoms with Crippen LogP contribution in [-0.2, 0) is 20.6 Å². The Labute approximate surface area is 157 Å². The number of hydrogen-bond donors (Lipinski definition) is 1. The fraction of sp³-hybridized carbons (Fsp3) is 0.650. The zero-order chi connectivity index (χ0) is 18.4. The molecule has 2 aliphatic rings. The first-order chi connectivity index (χ1) is 12.5. The van der Waals surface area contributed by atoms with E-state index in [9.17, 15) is 13.2 Å². The molecule has 1 aromatic rings. The Kier molecular flexibility index (Phi) is 6.70. The van der Waals surface area contributed by atoms with Gasteiger partial charge in [0.2, 0.25) is 15.9 Å². The third-order valence-electron chi connectivity index (χ3n) is 5.54. The van der Waals surface area contributed by atoms with E-state index >= 15 is 0 Å². The van der Waals surface area contributed by atoms with Gasteiger partial charge in [-0.05, 0) is 31.2 Å². The van der Waals surface area contributed by atoms with Crippen molar-refractivity contribution < 1.29 is 13.2 Å². The highest BCUT2D eigenvalue weighted by Gasteiger charge is 2.33. The largest absolute Gasteiger partial charge is 0.353 e. The third-order valence-corrected chi connectivity index (χ3v) is 7.36. The zero-order valence-corrected chi connectivity index (χ0v) is 16.2. The number of carbonyl (C=O) groups excluding carboxylic acids is 1. The lowest BCUT2D eigenvalue weighted by Crippen LogP contribution is -2.47. The molecule has 1 N–H and O–H groups in total. The highest BCUT2D eigenvalue weighted by molar-refractivity contribution is 7.88. The Morgan fingerprint density at radius 1 is 1.00 bits per heavy atom. The molecule has 0 radical (unpaired) electrons. The van der Waals surface area contributed by atoms with Crippen molar-refractivity contribution in [1.29, 1.82) is 0 Å². The fourth-order valence-electron chi connectivity index (χ4n) is 4.03. The summed E-state index contributed by atoms with van der Waals surface area (Å²) in [4.78, 5) is 12.7. The highest BCUT2D eigenvalue weighted by atomic mass is 32.2. The fourth-order valence-corrected chi connectivity index (χ4v) is 5.64. The average molecular weight is 379 g/mol. The van der Waals surface area contributed by atoms with Gasteiger partial charge in [-0.3, -0.25) is 4.79 Å². The van der Waals surface area contributed by atoms with E-state index in [0.29, 0.717) is 13.1 Å². The lowest BCUT2D eigenvalue weighted by atomic mass is 9.97. The topological polar surface area (TPSA) is 66.5 Å². The molecule has 1 heterocycles. The van der Waals surface area contributed by atoms with Crippen molar-refractivity contribution in [3.8, 4) is 0 Å². The Bertz CT molecular complexity index is 682. The normalized spacial score (nSPS) is 23.3. The van der Waals surface area contributed by atoms with Crippen LogP contribution in [0.2, 0.25) is 0 Å². The van der Waals surface area contributed by atoms with Crippen LogP contribution in [0, 0.1) is 5.92 Å². The molecule has 6 heteroatoms. The first kappa shape index (κ1) is 19.4. The lowest BCUT2D eigenvalue weighted by Gasteiger charge is -2.32. The molecular weight excluding hydrogens is 348 g/mol. The summed E-state index contributed by atoms with van der Waals surface area (Å²) >= 11 is 0. The predicted molar refractivity (Wildman–Crippen MR) is 103 cm³/mol. The summed E-state index contributed by atoms with van der Waals surface area (Å²) in [5.74, 6) is -0.181. The van der Waals surface area contributed by atoms with E-state index in [-0.39, 0.29) is 23.6 Å². The van der Waals surface area contributed by atoms with E-state index in [1.807, 2.05) is 30.3 Å². The maximum absolute atomic E-state index is 12.8. The summed E-state index contributed by atoms with van der Waals surface area (Å²) in [7, 11) is -3.39. The van der Waals surface area contributed by atoms with Gasteiger partial charge in [-0.25, -0.2) is 12.7 Å². The molecule has 0 aromatic heterocycles. The number of amides is 1. The molecule has 1 unspecified atom stereocenters. The van der Waals surface area contributed by atoms with Crippen LogP contribution in [0.5, 0.6) is 0 Å². The molecule has 5 nitrogen and oxygen atoms in total. The van der Waals surface area contributed by atoms with Crippen LogP contribution in [-0.4, -0.2) is 37.8 Å². The van der Waals surface area contributed by atoms with E-state index in [1.54, 1.807) is 0 Å². The smallest absolute Gasteiger partial charge is 0.224 e. The van der Waals surface area contributed by atoms with E-state index in [0.717, 1.165) is 31.2 Å². The lowest BCUT2D eigenvalue weighted by molar-refractivity contribution is -0.126. The van der Waals surface area contributed by atoms with Crippen LogP contribution < -0.4 is 5.32 Å². The van der Waals surface area contributed by atoms with Gasteiger partial charge in [0.1, 0.15) is 0 Å². The maximum Gasteiger partial charge on any atom is 0.224 e. The van der Waals surface area contributed by atoms with Gasteiger partial charge in [0.15, 0.2) is 0 Å². The van der Waals surface area contributed by atoms with Crippen LogP contribution >= 0.6 is 0 Å². The summed E-state index contributed by atoms with van der Waals surface area (Å²) in [6.45, 7) is 0.829. The Morgan fingerprint density at radius 2 is 1.69 bits per heavy atom. The van der Waals surface area contributed by atoms with Gasteiger partial charge in [-0.15, -0.1) is 0 Å². The molecule has 2 fully saturated rings. The molecule has 1 aliphatic heterocycles. The van der Waals surface area contributed by atoms with E-state index in [4.69, 9.17) is 0 Å². The van der Waals surface area contributed by atoms with Crippen LogP contribution in [0.25, 0.3) is 0 Å². The molecule has 3 rings (SSSR count). The average Bonchev–Trinajstić information content (AvgIpc) is 2.91. The summed E-state index contributed by atoms with van der Waals surface area (Å²) in [5, 5.41) is 3.19. The number of piperidine rings is 1. The number of nitrogens with zero attached hydrogens (tertiary/aromatic N) is 1. The quantitative estimate of drug-likeness (QED) is 0.801. The minimum atomic E-state index is -3.39. The molecular formula is C20H30N2O3S. The number of nitrogens with one attached hydrogen (secondary N) is 1. The minimum Gasteiger partial charge on any atom is -0.353 e. The van der Waals surface area contributed by atoms with Crippen LogP contribution in [0.1, 0.15) is 56.9 Å². The second-order valence-electron chi connectivity index (χ2n) is 7.64. The van der Waals surface area contributed by atoms with Crippen molar-refractivity contribution in [1.82, 2.24) is 9.62 Å². The zero-order valence-electron chi connectivity index (χ0n) is 15.4. The highest BCUT2D eigenvalue weighted by Crippen LogP contribution is 2.23. The first-order valence-corrected chi connectivity index (χ1v) is 11.5. The standard InChI is InChI=1S/C20H30N2O3S/c23-20(21-19-12-6-1-2-7-13-19)18-11-8-14-22(15-18)26(24,25)16-17-9-4-3-5-10-17/h3-5,9-10,18-19H,1-2,6-8,11-16H2,(H,21,23). The number of sulfonamides is 1. The van der Waals surface area contributed by atoms with E-state index in [2.05, 4.69) is 5.32 Å². The van der Waals surface area contributed by atoms with Gasteiger partial charge in [-0.1, -0.05) is 56.0 Å². The predicted octanol–water partition coefficient (Wildman–Crippen LogP) is 3.07. The molecule has 1 atom stereocenters. The molecule has 1 saturated heterocycles. The molecule has 1 aromatic carbocycles. The van der Waals surface area contributed by atoms with Gasteiger partial charge in [0.05, 0.1) is 11.7 Å². The van der Waals surface area contributed by atoms with Gasteiger partial charge in [-0.2, -0.15) is 0 Å².